The second-order valence-corrected chi connectivity index (χ2v) is 19.3. The Morgan fingerprint density at radius 1 is 0.961 bits per heavy atom. The maximum Gasteiger partial charge on any atom is 0.305 e. The molecule has 1 N–H and O–H groups in total. The average Bonchev–Trinajstić information content (AvgIpc) is 3.57. The van der Waals surface area contributed by atoms with Gasteiger partial charge >= 0.3 is 5.97 Å². The fourth-order valence-electron chi connectivity index (χ4n) is 8.81. The Hall–Kier alpha value is -4.19. The molecular formula is C40H50N2O8Si. The van der Waals surface area contributed by atoms with Crippen LogP contribution in [0.2, 0.25) is 18.6 Å². The first-order valence-corrected chi connectivity index (χ1v) is 20.9. The van der Waals surface area contributed by atoms with E-state index in [1.807, 2.05) is 48.5 Å². The number of nitrogens with zero attached hydrogens (tertiary/aromatic N) is 2. The van der Waals surface area contributed by atoms with Crippen LogP contribution >= 0.6 is 0 Å². The first kappa shape index (κ1) is 36.6. The van der Waals surface area contributed by atoms with Crippen molar-refractivity contribution in [2.45, 2.75) is 82.0 Å². The van der Waals surface area contributed by atoms with Crippen molar-refractivity contribution in [2.24, 2.45) is 5.92 Å². The third-order valence-corrected chi connectivity index (χ3v) is 15.9. The van der Waals surface area contributed by atoms with Gasteiger partial charge in [0.1, 0.15) is 11.5 Å². The minimum absolute atomic E-state index is 0.0771. The summed E-state index contributed by atoms with van der Waals surface area (Å²) in [5.74, 6) is 0.545. The number of methoxy groups -OCH3 is 3. The van der Waals surface area contributed by atoms with Gasteiger partial charge in [-0.2, -0.15) is 0 Å². The quantitative estimate of drug-likeness (QED) is 0.159. The van der Waals surface area contributed by atoms with Crippen LogP contribution < -0.4 is 19.6 Å². The van der Waals surface area contributed by atoms with Gasteiger partial charge in [-0.05, 0) is 66.3 Å². The molecule has 6 rings (SSSR count). The van der Waals surface area contributed by atoms with Crippen LogP contribution in [0.25, 0.3) is 0 Å². The smallest absolute Gasteiger partial charge is 0.305 e. The lowest BCUT2D eigenvalue weighted by Crippen LogP contribution is -2.52. The van der Waals surface area contributed by atoms with Crippen LogP contribution in [-0.2, 0) is 42.4 Å². The minimum atomic E-state index is -2.50. The van der Waals surface area contributed by atoms with Gasteiger partial charge in [-0.3, -0.25) is 14.4 Å². The third-order valence-electron chi connectivity index (χ3n) is 11.5. The number of ether oxygens (including phenoxy) is 4. The molecule has 1 saturated heterocycles. The highest BCUT2D eigenvalue weighted by Crippen LogP contribution is 2.60. The number of aliphatic hydroxyl groups is 1. The predicted molar refractivity (Wildman–Crippen MR) is 197 cm³/mol. The Morgan fingerprint density at radius 3 is 2.31 bits per heavy atom. The van der Waals surface area contributed by atoms with Crippen molar-refractivity contribution in [3.05, 3.63) is 83.4 Å². The van der Waals surface area contributed by atoms with E-state index in [4.69, 9.17) is 18.9 Å². The number of fused-ring (bicyclic) bond motifs is 3. The molecule has 0 aliphatic carbocycles. The summed E-state index contributed by atoms with van der Waals surface area (Å²) in [4.78, 5) is 44.8. The molecule has 0 aromatic heterocycles. The third kappa shape index (κ3) is 6.55. The van der Waals surface area contributed by atoms with Gasteiger partial charge in [0.05, 0.1) is 60.3 Å². The van der Waals surface area contributed by atoms with E-state index in [1.165, 1.54) is 12.3 Å². The Balaban J connectivity index is 1.39. The maximum absolute atomic E-state index is 15.0. The Kier molecular flexibility index (Phi) is 10.6. The first-order chi connectivity index (χ1) is 24.5. The summed E-state index contributed by atoms with van der Waals surface area (Å²) in [6.45, 7) is 7.36. The number of carbonyl (C=O) groups is 3. The van der Waals surface area contributed by atoms with Crippen LogP contribution in [0.15, 0.2) is 66.7 Å². The Bertz CT molecular complexity index is 1760. The molecule has 3 aliphatic heterocycles. The van der Waals surface area contributed by atoms with Gasteiger partial charge < -0.3 is 33.9 Å². The van der Waals surface area contributed by atoms with Crippen LogP contribution in [0.3, 0.4) is 0 Å². The van der Waals surface area contributed by atoms with Crippen molar-refractivity contribution in [2.75, 3.05) is 39.4 Å². The van der Waals surface area contributed by atoms with Gasteiger partial charge in [-0.1, -0.05) is 61.6 Å². The summed E-state index contributed by atoms with van der Waals surface area (Å²) in [6, 6.07) is 21.5. The van der Waals surface area contributed by atoms with Crippen molar-refractivity contribution in [1.82, 2.24) is 4.90 Å². The molecule has 51 heavy (non-hydrogen) atoms. The molecule has 0 unspecified atom stereocenters. The summed E-state index contributed by atoms with van der Waals surface area (Å²) in [6.07, 6.45) is 1.54. The number of carbonyl (C=O) groups excluding carboxylic acids is 3. The summed E-state index contributed by atoms with van der Waals surface area (Å²) in [7, 11) is 2.13. The largest absolute Gasteiger partial charge is 0.497 e. The van der Waals surface area contributed by atoms with Crippen LogP contribution in [0.1, 0.15) is 49.3 Å². The highest BCUT2D eigenvalue weighted by atomic mass is 28.3. The topological polar surface area (TPSA) is 115 Å². The zero-order valence-electron chi connectivity index (χ0n) is 30.5. The molecular weight excluding hydrogens is 665 g/mol. The minimum Gasteiger partial charge on any atom is -0.497 e. The summed E-state index contributed by atoms with van der Waals surface area (Å²) in [5.41, 5.74) is 2.24. The van der Waals surface area contributed by atoms with E-state index in [-0.39, 0.29) is 54.7 Å². The van der Waals surface area contributed by atoms with Crippen molar-refractivity contribution in [1.29, 1.82) is 0 Å². The average molecular weight is 715 g/mol. The van der Waals surface area contributed by atoms with Crippen LogP contribution in [0.4, 0.5) is 5.69 Å². The zero-order chi connectivity index (χ0) is 36.5. The van der Waals surface area contributed by atoms with E-state index in [9.17, 15) is 19.5 Å². The zero-order valence-corrected chi connectivity index (χ0v) is 31.5. The standard InChI is InChI=1S/C40H50N2O8Si/c1-26-38(51(5,6)32-17-14-30(47-2)15-18-32)35(23-36(44)42-24-28-12-8-7-11-27(28)21-29(42)25-43)50-40(26)33-22-31(48-3)16-19-34(33)41(39(40)46)20-10-9-13-37(45)49-4/h7-8,11-12,14-19,22,26,29,35,38,43H,9-10,13,20-21,23-25H2,1-6H3/t26-,29+,35+,38-,40+/m1/s1. The fourth-order valence-corrected chi connectivity index (χ4v) is 12.8. The second-order valence-electron chi connectivity index (χ2n) is 14.6. The summed E-state index contributed by atoms with van der Waals surface area (Å²) >= 11 is 0. The van der Waals surface area contributed by atoms with Crippen LogP contribution in [0, 0.1) is 5.92 Å². The number of unbranched alkanes of at least 4 members (excludes halogenated alkanes) is 1. The molecule has 0 bridgehead atoms. The summed E-state index contributed by atoms with van der Waals surface area (Å²) in [5, 5.41) is 11.6. The second kappa shape index (κ2) is 14.8. The van der Waals surface area contributed by atoms with Crippen molar-refractivity contribution in [3.63, 3.8) is 0 Å². The van der Waals surface area contributed by atoms with Gasteiger partial charge in [0, 0.05) is 31.0 Å². The fraction of sp³-hybridized carbons (Fsp3) is 0.475. The number of anilines is 1. The Labute approximate surface area is 301 Å². The molecule has 5 atom stereocenters. The number of benzene rings is 3. The lowest BCUT2D eigenvalue weighted by molar-refractivity contribution is -0.151. The number of aliphatic hydroxyl groups excluding tert-OH is 1. The van der Waals surface area contributed by atoms with Gasteiger partial charge in [0.2, 0.25) is 5.91 Å². The van der Waals surface area contributed by atoms with Crippen LogP contribution in [0.5, 0.6) is 11.5 Å². The van der Waals surface area contributed by atoms with Crippen molar-refractivity contribution < 1.29 is 38.4 Å². The highest BCUT2D eigenvalue weighted by Gasteiger charge is 2.66. The highest BCUT2D eigenvalue weighted by molar-refractivity contribution is 6.91. The predicted octanol–water partition coefficient (Wildman–Crippen LogP) is 4.95. The van der Waals surface area contributed by atoms with E-state index < -0.39 is 19.8 Å². The van der Waals surface area contributed by atoms with E-state index in [0.717, 1.165) is 28.1 Å². The molecule has 11 heteroatoms. The van der Waals surface area contributed by atoms with Crippen molar-refractivity contribution in [3.8, 4) is 11.5 Å². The summed E-state index contributed by atoms with van der Waals surface area (Å²) < 4.78 is 23.2. The van der Waals surface area contributed by atoms with Gasteiger partial charge in [-0.25, -0.2) is 0 Å². The molecule has 0 saturated carbocycles. The van der Waals surface area contributed by atoms with E-state index in [1.54, 1.807) is 24.0 Å². The number of hydrogen-bond donors (Lipinski definition) is 1. The molecule has 3 heterocycles. The monoisotopic (exact) mass is 714 g/mol. The van der Waals surface area contributed by atoms with Gasteiger partial charge in [0.25, 0.3) is 5.91 Å². The van der Waals surface area contributed by atoms with E-state index in [0.29, 0.717) is 38.1 Å². The molecule has 3 aliphatic rings. The van der Waals surface area contributed by atoms with Gasteiger partial charge in [0.15, 0.2) is 5.60 Å². The molecule has 1 spiro atoms. The Morgan fingerprint density at radius 2 is 1.65 bits per heavy atom. The van der Waals surface area contributed by atoms with Crippen molar-refractivity contribution >= 4 is 36.7 Å². The normalized spacial score (nSPS) is 24.0. The lowest BCUT2D eigenvalue weighted by atomic mass is 9.82. The van der Waals surface area contributed by atoms with E-state index >= 15 is 0 Å². The molecule has 10 nitrogen and oxygen atoms in total. The SMILES string of the molecule is COC(=O)CCCCN1C(=O)[C@@]2(O[C@@H](CC(=O)N3Cc4ccccc4C[C@H]3CO)[C@H]([Si](C)(C)c3ccc(OC)cc3)[C@H]2C)c2cc(OC)ccc21. The molecule has 272 valence electrons. The molecule has 0 radical (unpaired) electrons. The maximum atomic E-state index is 15.0. The first-order valence-electron chi connectivity index (χ1n) is 17.9. The van der Waals surface area contributed by atoms with Crippen LogP contribution in [-0.4, -0.2) is 82.5 Å². The molecule has 1 fully saturated rings. The molecule has 3 aromatic carbocycles. The number of hydrogen-bond acceptors (Lipinski definition) is 8. The molecule has 3 aromatic rings. The van der Waals surface area contributed by atoms with Gasteiger partial charge in [-0.15, -0.1) is 0 Å². The number of esters is 1. The number of amides is 2. The lowest BCUT2D eigenvalue weighted by Gasteiger charge is -2.39. The van der Waals surface area contributed by atoms with E-state index in [2.05, 4.69) is 38.2 Å². The number of rotatable bonds is 12. The molecule has 2 amide bonds.